The van der Waals surface area contributed by atoms with Crippen LogP contribution in [0.3, 0.4) is 0 Å². The summed E-state index contributed by atoms with van der Waals surface area (Å²) in [6.07, 6.45) is 0. The van der Waals surface area contributed by atoms with E-state index in [0.717, 1.165) is 78.1 Å². The molecule has 0 unspecified atom stereocenters. The third-order valence-corrected chi connectivity index (χ3v) is 12.4. The molecule has 0 atom stereocenters. The van der Waals surface area contributed by atoms with Crippen LogP contribution < -0.4 is 4.90 Å². The van der Waals surface area contributed by atoms with Crippen molar-refractivity contribution in [3.05, 3.63) is 243 Å². The molecule has 0 radical (unpaired) electrons. The van der Waals surface area contributed by atoms with Crippen LogP contribution in [0.5, 0.6) is 0 Å². The number of aromatic nitrogens is 1. The Kier molecular flexibility index (Phi) is 8.83. The molecule has 0 fully saturated rings. The molecule has 0 spiro atoms. The third-order valence-electron chi connectivity index (χ3n) is 12.4. The van der Waals surface area contributed by atoms with Crippen molar-refractivity contribution in [2.45, 2.75) is 0 Å². The highest BCUT2D eigenvalue weighted by atomic mass is 16.3. The van der Waals surface area contributed by atoms with Gasteiger partial charge in [0.25, 0.3) is 0 Å². The summed E-state index contributed by atoms with van der Waals surface area (Å²) in [6, 6.07) is 87.1. The molecule has 2 aromatic heterocycles. The van der Waals surface area contributed by atoms with E-state index >= 15 is 0 Å². The Balaban J connectivity index is 0.983. The van der Waals surface area contributed by atoms with Gasteiger partial charge >= 0.3 is 0 Å². The quantitative estimate of drug-likeness (QED) is 0.153. The van der Waals surface area contributed by atoms with Crippen LogP contribution in [0.25, 0.3) is 93.9 Å². The third kappa shape index (κ3) is 6.29. The van der Waals surface area contributed by atoms with E-state index in [-0.39, 0.29) is 0 Å². The zero-order chi connectivity index (χ0) is 41.7. The molecule has 12 aromatic rings. The predicted molar refractivity (Wildman–Crippen MR) is 264 cm³/mol. The van der Waals surface area contributed by atoms with Crippen molar-refractivity contribution in [2.75, 3.05) is 4.90 Å². The molecule has 10 aromatic carbocycles. The summed E-state index contributed by atoms with van der Waals surface area (Å²) in [7, 11) is 0. The predicted octanol–water partition coefficient (Wildman–Crippen LogP) is 16.8. The average molecular weight is 805 g/mol. The largest absolute Gasteiger partial charge is 0.456 e. The van der Waals surface area contributed by atoms with Gasteiger partial charge in [-0.2, -0.15) is 0 Å². The standard InChI is InChI=1S/C60H40N2O/c1-4-16-43(17-5-1)50-25-14-26-51(44-18-6-2-7-19-44)60(50)61(48-38-39-58-54(40-48)52-22-11-13-29-57(52)63-58)47-36-34-42(35-37-47)41-30-32-45(33-31-41)49-24-15-28-56-59(49)53-23-10-12-27-55(53)62(56)46-20-8-3-9-21-46/h1-40H. The van der Waals surface area contributed by atoms with Gasteiger partial charge in [-0.1, -0.05) is 182 Å². The highest BCUT2D eigenvalue weighted by Crippen LogP contribution is 2.48. The number of furan rings is 1. The van der Waals surface area contributed by atoms with Crippen LogP contribution in [0.1, 0.15) is 0 Å². The molecule has 0 amide bonds. The molecule has 63 heavy (non-hydrogen) atoms. The second kappa shape index (κ2) is 15.3. The Morgan fingerprint density at radius 3 is 1.51 bits per heavy atom. The van der Waals surface area contributed by atoms with Gasteiger partial charge in [0.05, 0.1) is 16.7 Å². The van der Waals surface area contributed by atoms with Gasteiger partial charge in [0.15, 0.2) is 0 Å². The normalized spacial score (nSPS) is 11.5. The minimum atomic E-state index is 0.872. The van der Waals surface area contributed by atoms with Gasteiger partial charge in [-0.25, -0.2) is 0 Å². The fourth-order valence-corrected chi connectivity index (χ4v) is 9.51. The van der Waals surface area contributed by atoms with Gasteiger partial charge in [-0.05, 0) is 94.0 Å². The van der Waals surface area contributed by atoms with E-state index < -0.39 is 0 Å². The van der Waals surface area contributed by atoms with Crippen molar-refractivity contribution in [3.8, 4) is 50.2 Å². The van der Waals surface area contributed by atoms with Gasteiger partial charge in [-0.3, -0.25) is 0 Å². The van der Waals surface area contributed by atoms with Gasteiger partial charge in [0, 0.05) is 49.7 Å². The maximum atomic E-state index is 6.33. The summed E-state index contributed by atoms with van der Waals surface area (Å²) in [5, 5.41) is 4.71. The molecular weight excluding hydrogens is 765 g/mol. The van der Waals surface area contributed by atoms with Crippen molar-refractivity contribution < 1.29 is 4.42 Å². The summed E-state index contributed by atoms with van der Waals surface area (Å²) >= 11 is 0. The molecule has 2 heterocycles. The number of rotatable bonds is 8. The van der Waals surface area contributed by atoms with E-state index in [9.17, 15) is 0 Å². The zero-order valence-electron chi connectivity index (χ0n) is 34.4. The van der Waals surface area contributed by atoms with Gasteiger partial charge in [0.1, 0.15) is 11.2 Å². The Labute approximate surface area is 366 Å². The van der Waals surface area contributed by atoms with E-state index in [1.54, 1.807) is 0 Å². The lowest BCUT2D eigenvalue weighted by Crippen LogP contribution is -2.12. The molecule has 0 saturated carbocycles. The summed E-state index contributed by atoms with van der Waals surface area (Å²) in [4.78, 5) is 2.42. The van der Waals surface area contributed by atoms with Crippen LogP contribution in [0, 0.1) is 0 Å². The molecule has 0 bridgehead atoms. The number of fused-ring (bicyclic) bond motifs is 6. The minimum absolute atomic E-state index is 0.872. The average Bonchev–Trinajstić information content (AvgIpc) is 3.91. The lowest BCUT2D eigenvalue weighted by molar-refractivity contribution is 0.669. The van der Waals surface area contributed by atoms with Crippen LogP contribution >= 0.6 is 0 Å². The topological polar surface area (TPSA) is 21.3 Å². The number of anilines is 3. The van der Waals surface area contributed by atoms with Crippen molar-refractivity contribution in [1.29, 1.82) is 0 Å². The molecule has 12 rings (SSSR count). The van der Waals surface area contributed by atoms with Crippen molar-refractivity contribution in [1.82, 2.24) is 4.57 Å². The zero-order valence-corrected chi connectivity index (χ0v) is 34.4. The highest BCUT2D eigenvalue weighted by molar-refractivity contribution is 6.16. The lowest BCUT2D eigenvalue weighted by Gasteiger charge is -2.30. The highest BCUT2D eigenvalue weighted by Gasteiger charge is 2.23. The summed E-state index contributed by atoms with van der Waals surface area (Å²) < 4.78 is 8.70. The van der Waals surface area contributed by atoms with Crippen LogP contribution in [-0.4, -0.2) is 4.57 Å². The van der Waals surface area contributed by atoms with E-state index in [1.165, 1.54) is 32.9 Å². The smallest absolute Gasteiger partial charge is 0.135 e. The first-order valence-corrected chi connectivity index (χ1v) is 21.5. The van der Waals surface area contributed by atoms with E-state index in [4.69, 9.17) is 4.42 Å². The fourth-order valence-electron chi connectivity index (χ4n) is 9.51. The van der Waals surface area contributed by atoms with Crippen molar-refractivity contribution in [2.24, 2.45) is 0 Å². The summed E-state index contributed by atoms with van der Waals surface area (Å²) in [5.74, 6) is 0. The second-order valence-electron chi connectivity index (χ2n) is 16.1. The Hall–Kier alpha value is -8.40. The number of hydrogen-bond donors (Lipinski definition) is 0. The van der Waals surface area contributed by atoms with Crippen molar-refractivity contribution in [3.63, 3.8) is 0 Å². The maximum Gasteiger partial charge on any atom is 0.135 e. The number of para-hydroxylation sites is 4. The molecule has 0 saturated heterocycles. The van der Waals surface area contributed by atoms with Gasteiger partial charge in [0.2, 0.25) is 0 Å². The molecular formula is C60H40N2O. The molecule has 3 nitrogen and oxygen atoms in total. The van der Waals surface area contributed by atoms with Crippen LogP contribution in [0.15, 0.2) is 247 Å². The molecule has 0 aliphatic rings. The molecule has 296 valence electrons. The molecule has 0 aliphatic heterocycles. The molecule has 0 aliphatic carbocycles. The number of benzene rings is 10. The molecule has 3 heteroatoms. The fraction of sp³-hybridized carbons (Fsp3) is 0. The van der Waals surface area contributed by atoms with E-state index in [1.807, 2.05) is 12.1 Å². The Morgan fingerprint density at radius 1 is 0.317 bits per heavy atom. The Bertz CT molecular complexity index is 3530. The number of hydrogen-bond acceptors (Lipinski definition) is 2. The van der Waals surface area contributed by atoms with Gasteiger partial charge < -0.3 is 13.9 Å². The van der Waals surface area contributed by atoms with E-state index in [0.29, 0.717) is 0 Å². The minimum Gasteiger partial charge on any atom is -0.456 e. The lowest BCUT2D eigenvalue weighted by atomic mass is 9.94. The summed E-state index contributed by atoms with van der Waals surface area (Å²) in [5.41, 5.74) is 17.9. The SMILES string of the molecule is c1ccc(-c2cccc(-c3ccccc3)c2N(c2ccc(-c3ccc(-c4cccc5c4c4ccccc4n5-c4ccccc4)cc3)cc2)c2ccc3oc4ccccc4c3c2)cc1. The maximum absolute atomic E-state index is 6.33. The first kappa shape index (κ1) is 36.5. The first-order valence-electron chi connectivity index (χ1n) is 21.5. The van der Waals surface area contributed by atoms with Crippen molar-refractivity contribution >= 4 is 60.8 Å². The van der Waals surface area contributed by atoms with Crippen LogP contribution in [0.4, 0.5) is 17.1 Å². The van der Waals surface area contributed by atoms with Crippen LogP contribution in [0.2, 0.25) is 0 Å². The second-order valence-corrected chi connectivity index (χ2v) is 16.1. The first-order chi connectivity index (χ1) is 31.3. The van der Waals surface area contributed by atoms with E-state index in [2.05, 4.69) is 240 Å². The van der Waals surface area contributed by atoms with Crippen LogP contribution in [-0.2, 0) is 0 Å². The monoisotopic (exact) mass is 804 g/mol. The van der Waals surface area contributed by atoms with Gasteiger partial charge in [-0.15, -0.1) is 0 Å². The summed E-state index contributed by atoms with van der Waals surface area (Å²) in [6.45, 7) is 0. The molecule has 0 N–H and O–H groups in total. The number of nitrogens with zero attached hydrogens (tertiary/aromatic N) is 2. The Morgan fingerprint density at radius 2 is 0.810 bits per heavy atom.